The van der Waals surface area contributed by atoms with Crippen molar-refractivity contribution in [3.63, 3.8) is 0 Å². The zero-order valence-corrected chi connectivity index (χ0v) is 12.0. The number of rotatable bonds is 6. The van der Waals surface area contributed by atoms with Crippen LogP contribution in [0.1, 0.15) is 38.7 Å². The molecule has 1 N–H and O–H groups in total. The molecule has 0 aromatic heterocycles. The average molecular weight is 267 g/mol. The molecule has 0 unspecified atom stereocenters. The average Bonchev–Trinajstić information content (AvgIpc) is 2.35. The fourth-order valence-corrected chi connectivity index (χ4v) is 2.61. The lowest BCUT2D eigenvalue weighted by atomic mass is 10.0. The summed E-state index contributed by atoms with van der Waals surface area (Å²) in [5.41, 5.74) is 1.14. The zero-order valence-electron chi connectivity index (χ0n) is 11.2. The second kappa shape index (κ2) is 6.71. The lowest BCUT2D eigenvalue weighted by molar-refractivity contribution is 0.582. The maximum absolute atomic E-state index is 11.9. The van der Waals surface area contributed by atoms with E-state index in [0.717, 1.165) is 5.56 Å². The molecule has 1 aromatic rings. The van der Waals surface area contributed by atoms with Crippen LogP contribution < -0.4 is 4.72 Å². The fourth-order valence-electron chi connectivity index (χ4n) is 1.56. The normalized spacial score (nSPS) is 12.4. The molecule has 0 fully saturated rings. The molecule has 0 atom stereocenters. The van der Waals surface area contributed by atoms with Crippen LogP contribution in [0, 0.1) is 0 Å². The van der Waals surface area contributed by atoms with Gasteiger partial charge in [-0.3, -0.25) is 0 Å². The third kappa shape index (κ3) is 4.27. The predicted octanol–water partition coefficient (Wildman–Crippen LogP) is 3.05. The van der Waals surface area contributed by atoms with E-state index in [1.807, 2.05) is 31.2 Å². The first-order valence-corrected chi connectivity index (χ1v) is 7.66. The second-order valence-corrected chi connectivity index (χ2v) is 6.25. The molecular formula is C14H21NO2S. The van der Waals surface area contributed by atoms with Crippen LogP contribution in [0.15, 0.2) is 41.3 Å². The summed E-state index contributed by atoms with van der Waals surface area (Å²) < 4.78 is 26.5. The molecule has 4 heteroatoms. The van der Waals surface area contributed by atoms with Gasteiger partial charge in [0, 0.05) is 6.54 Å². The monoisotopic (exact) mass is 267 g/mol. The van der Waals surface area contributed by atoms with Crippen molar-refractivity contribution in [2.24, 2.45) is 0 Å². The smallest absolute Gasteiger partial charge is 0.211 e. The quantitative estimate of drug-likeness (QED) is 0.636. The minimum atomic E-state index is -3.37. The Hall–Kier alpha value is -1.13. The summed E-state index contributed by atoms with van der Waals surface area (Å²) in [5, 5.41) is 0. The molecule has 0 heterocycles. The highest BCUT2D eigenvalue weighted by Gasteiger charge is 2.12. The van der Waals surface area contributed by atoms with Crippen LogP contribution >= 0.6 is 0 Å². The molecule has 18 heavy (non-hydrogen) atoms. The zero-order chi connectivity index (χ0) is 13.6. The predicted molar refractivity (Wildman–Crippen MR) is 75.2 cm³/mol. The third-order valence-electron chi connectivity index (χ3n) is 2.70. The molecule has 0 spiro atoms. The minimum Gasteiger partial charge on any atom is -0.211 e. The van der Waals surface area contributed by atoms with E-state index >= 15 is 0 Å². The number of hydrogen-bond acceptors (Lipinski definition) is 2. The van der Waals surface area contributed by atoms with Gasteiger partial charge in [-0.1, -0.05) is 38.1 Å². The number of benzene rings is 1. The Bertz CT molecular complexity index is 487. The van der Waals surface area contributed by atoms with Crippen LogP contribution in [0.3, 0.4) is 0 Å². The van der Waals surface area contributed by atoms with Crippen molar-refractivity contribution in [1.82, 2.24) is 4.72 Å². The number of allylic oxidation sites excluding steroid dienone is 1. The highest BCUT2D eigenvalue weighted by Crippen LogP contribution is 2.17. The summed E-state index contributed by atoms with van der Waals surface area (Å²) in [6.07, 6.45) is 4.55. The Morgan fingerprint density at radius 2 is 1.83 bits per heavy atom. The van der Waals surface area contributed by atoms with Crippen LogP contribution in [0.2, 0.25) is 0 Å². The number of hydrogen-bond donors (Lipinski definition) is 1. The topological polar surface area (TPSA) is 46.2 Å². The summed E-state index contributed by atoms with van der Waals surface area (Å²) in [6.45, 7) is 6.51. The third-order valence-corrected chi connectivity index (χ3v) is 4.17. The molecule has 0 saturated carbocycles. The van der Waals surface area contributed by atoms with E-state index in [4.69, 9.17) is 0 Å². The van der Waals surface area contributed by atoms with Crippen LogP contribution in [-0.2, 0) is 10.0 Å². The van der Waals surface area contributed by atoms with Crippen molar-refractivity contribution < 1.29 is 8.42 Å². The number of sulfonamides is 1. The van der Waals surface area contributed by atoms with E-state index in [1.54, 1.807) is 12.1 Å². The summed E-state index contributed by atoms with van der Waals surface area (Å²) in [7, 11) is -3.37. The van der Waals surface area contributed by atoms with Crippen molar-refractivity contribution in [1.29, 1.82) is 0 Å². The van der Waals surface area contributed by atoms with E-state index in [-0.39, 0.29) is 0 Å². The van der Waals surface area contributed by atoms with Gasteiger partial charge >= 0.3 is 0 Å². The Morgan fingerprint density at radius 1 is 1.22 bits per heavy atom. The molecule has 0 saturated heterocycles. The first-order valence-electron chi connectivity index (χ1n) is 6.18. The molecule has 100 valence electrons. The van der Waals surface area contributed by atoms with Crippen LogP contribution in [0.4, 0.5) is 0 Å². The summed E-state index contributed by atoms with van der Waals surface area (Å²) in [6, 6.07) is 7.05. The molecular weight excluding hydrogens is 246 g/mol. The van der Waals surface area contributed by atoms with Gasteiger partial charge in [-0.2, -0.15) is 0 Å². The van der Waals surface area contributed by atoms with Gasteiger partial charge in [-0.25, -0.2) is 13.1 Å². The highest BCUT2D eigenvalue weighted by molar-refractivity contribution is 7.89. The molecule has 0 bridgehead atoms. The SMILES string of the molecule is C/C=C/CCNS(=O)(=O)c1ccc(C(C)C)cc1. The Kier molecular flexibility index (Phi) is 5.56. The fraction of sp³-hybridized carbons (Fsp3) is 0.429. The van der Waals surface area contributed by atoms with Gasteiger partial charge < -0.3 is 0 Å². The van der Waals surface area contributed by atoms with Gasteiger partial charge in [0.1, 0.15) is 0 Å². The molecule has 0 amide bonds. The van der Waals surface area contributed by atoms with Gasteiger partial charge in [0.05, 0.1) is 4.90 Å². The molecule has 1 rings (SSSR count). The van der Waals surface area contributed by atoms with E-state index in [2.05, 4.69) is 18.6 Å². The second-order valence-electron chi connectivity index (χ2n) is 4.48. The molecule has 0 aliphatic rings. The van der Waals surface area contributed by atoms with E-state index in [1.165, 1.54) is 0 Å². The van der Waals surface area contributed by atoms with Gasteiger partial charge in [0.25, 0.3) is 0 Å². The Labute approximate surface area is 110 Å². The summed E-state index contributed by atoms with van der Waals surface area (Å²) in [4.78, 5) is 0.326. The maximum atomic E-state index is 11.9. The van der Waals surface area contributed by atoms with Crippen LogP contribution in [0.5, 0.6) is 0 Å². The van der Waals surface area contributed by atoms with E-state index < -0.39 is 10.0 Å². The standard InChI is InChI=1S/C14H21NO2S/c1-4-5-6-11-15-18(16,17)14-9-7-13(8-10-14)12(2)3/h4-5,7-10,12,15H,6,11H2,1-3H3/b5-4+. The minimum absolute atomic E-state index is 0.326. The van der Waals surface area contributed by atoms with Gasteiger partial charge in [0.2, 0.25) is 10.0 Å². The molecule has 1 aromatic carbocycles. The molecule has 0 aliphatic heterocycles. The summed E-state index contributed by atoms with van der Waals surface area (Å²) >= 11 is 0. The molecule has 0 aliphatic carbocycles. The van der Waals surface area contributed by atoms with Crippen LogP contribution in [0.25, 0.3) is 0 Å². The Morgan fingerprint density at radius 3 is 2.33 bits per heavy atom. The lowest BCUT2D eigenvalue weighted by Gasteiger charge is -2.08. The van der Waals surface area contributed by atoms with Gasteiger partial charge in [0.15, 0.2) is 0 Å². The van der Waals surface area contributed by atoms with Crippen molar-refractivity contribution in [3.8, 4) is 0 Å². The van der Waals surface area contributed by atoms with Crippen molar-refractivity contribution in [2.45, 2.75) is 38.0 Å². The lowest BCUT2D eigenvalue weighted by Crippen LogP contribution is -2.24. The number of nitrogens with one attached hydrogen (secondary N) is 1. The summed E-state index contributed by atoms with van der Waals surface area (Å²) in [5.74, 6) is 0.407. The first kappa shape index (κ1) is 14.9. The maximum Gasteiger partial charge on any atom is 0.240 e. The van der Waals surface area contributed by atoms with E-state index in [0.29, 0.717) is 23.8 Å². The highest BCUT2D eigenvalue weighted by atomic mass is 32.2. The van der Waals surface area contributed by atoms with Crippen LogP contribution in [-0.4, -0.2) is 15.0 Å². The molecule has 0 radical (unpaired) electrons. The van der Waals surface area contributed by atoms with Gasteiger partial charge in [-0.15, -0.1) is 0 Å². The van der Waals surface area contributed by atoms with Crippen molar-refractivity contribution in [2.75, 3.05) is 6.54 Å². The Balaban J connectivity index is 2.73. The van der Waals surface area contributed by atoms with Gasteiger partial charge in [-0.05, 0) is 37.0 Å². The largest absolute Gasteiger partial charge is 0.240 e. The van der Waals surface area contributed by atoms with Crippen molar-refractivity contribution >= 4 is 10.0 Å². The van der Waals surface area contributed by atoms with E-state index in [9.17, 15) is 8.42 Å². The molecule has 3 nitrogen and oxygen atoms in total. The first-order chi connectivity index (χ1) is 8.47. The van der Waals surface area contributed by atoms with Crippen molar-refractivity contribution in [3.05, 3.63) is 42.0 Å².